The summed E-state index contributed by atoms with van der Waals surface area (Å²) in [5, 5.41) is 13.5. The summed E-state index contributed by atoms with van der Waals surface area (Å²) >= 11 is 6.12. The molecule has 0 unspecified atom stereocenters. The van der Waals surface area contributed by atoms with Crippen molar-refractivity contribution >= 4 is 23.6 Å². The smallest absolute Gasteiger partial charge is 0.328 e. The molecule has 0 aliphatic carbocycles. The van der Waals surface area contributed by atoms with Crippen LogP contribution in [0.15, 0.2) is 24.3 Å². The van der Waals surface area contributed by atoms with Gasteiger partial charge in [-0.3, -0.25) is 0 Å². The van der Waals surface area contributed by atoms with Crippen LogP contribution in [0.4, 0.5) is 0 Å². The first kappa shape index (κ1) is 13.3. The van der Waals surface area contributed by atoms with Gasteiger partial charge in [0.15, 0.2) is 0 Å². The predicted molar refractivity (Wildman–Crippen MR) is 72.5 cm³/mol. The SMILES string of the molecule is Cc1nc(C)n(-c2cccc(Cl)c2C=CC(=O)O)n1. The molecule has 2 aromatic rings. The average molecular weight is 278 g/mol. The molecule has 1 aromatic carbocycles. The first-order chi connectivity index (χ1) is 8.99. The predicted octanol–water partition coefficient (Wildman–Crippen LogP) is 2.64. The van der Waals surface area contributed by atoms with E-state index in [-0.39, 0.29) is 0 Å². The van der Waals surface area contributed by atoms with Crippen molar-refractivity contribution in [3.05, 3.63) is 46.5 Å². The number of carbonyl (C=O) groups is 1. The zero-order valence-electron chi connectivity index (χ0n) is 10.5. The molecule has 0 atom stereocenters. The van der Waals surface area contributed by atoms with Gasteiger partial charge in [0, 0.05) is 16.7 Å². The number of nitrogens with zero attached hydrogens (tertiary/aromatic N) is 3. The van der Waals surface area contributed by atoms with Crippen molar-refractivity contribution < 1.29 is 9.90 Å². The van der Waals surface area contributed by atoms with E-state index in [9.17, 15) is 4.79 Å². The Morgan fingerprint density at radius 3 is 2.74 bits per heavy atom. The summed E-state index contributed by atoms with van der Waals surface area (Å²) in [6.45, 7) is 3.62. The second-order valence-corrected chi connectivity index (χ2v) is 4.37. The van der Waals surface area contributed by atoms with E-state index in [0.717, 1.165) is 6.08 Å². The lowest BCUT2D eigenvalue weighted by Gasteiger charge is -2.08. The van der Waals surface area contributed by atoms with Gasteiger partial charge in [-0.05, 0) is 32.1 Å². The molecule has 0 spiro atoms. The Labute approximate surface area is 115 Å². The van der Waals surface area contributed by atoms with E-state index < -0.39 is 5.97 Å². The Balaban J connectivity index is 2.60. The standard InChI is InChI=1S/C13H12ClN3O2/c1-8-15-9(2)17(16-8)12-5-3-4-11(14)10(12)6-7-13(18)19/h3-7H,1-2H3,(H,18,19). The molecule has 5 nitrogen and oxygen atoms in total. The van der Waals surface area contributed by atoms with Crippen LogP contribution in [0.3, 0.4) is 0 Å². The monoisotopic (exact) mass is 277 g/mol. The van der Waals surface area contributed by atoms with Gasteiger partial charge in [0.05, 0.1) is 5.69 Å². The Morgan fingerprint density at radius 2 is 2.16 bits per heavy atom. The highest BCUT2D eigenvalue weighted by molar-refractivity contribution is 6.32. The number of aliphatic carboxylic acids is 1. The molecule has 0 amide bonds. The van der Waals surface area contributed by atoms with Crippen molar-refractivity contribution in [1.29, 1.82) is 0 Å². The van der Waals surface area contributed by atoms with Crippen LogP contribution in [-0.4, -0.2) is 25.8 Å². The van der Waals surface area contributed by atoms with Crippen molar-refractivity contribution in [2.45, 2.75) is 13.8 Å². The van der Waals surface area contributed by atoms with Crippen molar-refractivity contribution in [2.24, 2.45) is 0 Å². The minimum atomic E-state index is -1.03. The van der Waals surface area contributed by atoms with E-state index in [1.165, 1.54) is 6.08 Å². The largest absolute Gasteiger partial charge is 0.478 e. The number of aromatic nitrogens is 3. The topological polar surface area (TPSA) is 68.0 Å². The number of rotatable bonds is 3. The van der Waals surface area contributed by atoms with Crippen molar-refractivity contribution in [3.8, 4) is 5.69 Å². The molecule has 0 aliphatic rings. The molecule has 19 heavy (non-hydrogen) atoms. The summed E-state index contributed by atoms with van der Waals surface area (Å²) < 4.78 is 1.64. The molecular weight excluding hydrogens is 266 g/mol. The average Bonchev–Trinajstić information content (AvgIpc) is 2.66. The van der Waals surface area contributed by atoms with Crippen LogP contribution in [-0.2, 0) is 4.79 Å². The summed E-state index contributed by atoms with van der Waals surface area (Å²) in [5.41, 5.74) is 1.29. The van der Waals surface area contributed by atoms with E-state index in [2.05, 4.69) is 10.1 Å². The van der Waals surface area contributed by atoms with E-state index >= 15 is 0 Å². The van der Waals surface area contributed by atoms with Gasteiger partial charge in [-0.15, -0.1) is 0 Å². The summed E-state index contributed by atoms with van der Waals surface area (Å²) in [5.74, 6) is 0.327. The number of carboxylic acids is 1. The third-order valence-corrected chi connectivity index (χ3v) is 2.86. The lowest BCUT2D eigenvalue weighted by atomic mass is 10.1. The van der Waals surface area contributed by atoms with E-state index in [0.29, 0.717) is 27.9 Å². The lowest BCUT2D eigenvalue weighted by molar-refractivity contribution is -0.131. The van der Waals surface area contributed by atoms with Crippen LogP contribution in [0.1, 0.15) is 17.2 Å². The molecule has 2 rings (SSSR count). The summed E-state index contributed by atoms with van der Waals surface area (Å²) in [6, 6.07) is 5.30. The molecule has 1 aromatic heterocycles. The molecule has 0 saturated heterocycles. The first-order valence-corrected chi connectivity index (χ1v) is 5.97. The molecule has 1 heterocycles. The maximum absolute atomic E-state index is 10.6. The number of carboxylic acid groups (broad SMARTS) is 1. The summed E-state index contributed by atoms with van der Waals surface area (Å²) in [6.07, 6.45) is 2.50. The zero-order chi connectivity index (χ0) is 14.0. The van der Waals surface area contributed by atoms with E-state index in [4.69, 9.17) is 16.7 Å². The van der Waals surface area contributed by atoms with Gasteiger partial charge in [0.2, 0.25) is 0 Å². The molecule has 1 N–H and O–H groups in total. The number of benzene rings is 1. The van der Waals surface area contributed by atoms with Crippen LogP contribution in [0, 0.1) is 13.8 Å². The molecular formula is C13H12ClN3O2. The van der Waals surface area contributed by atoms with Gasteiger partial charge < -0.3 is 5.11 Å². The van der Waals surface area contributed by atoms with E-state index in [1.807, 2.05) is 13.0 Å². The van der Waals surface area contributed by atoms with Crippen LogP contribution >= 0.6 is 11.6 Å². The molecule has 98 valence electrons. The molecule has 0 aliphatic heterocycles. The molecule has 6 heteroatoms. The Bertz CT molecular complexity index is 662. The van der Waals surface area contributed by atoms with Gasteiger partial charge in [0.1, 0.15) is 11.6 Å². The second kappa shape index (κ2) is 5.24. The highest BCUT2D eigenvalue weighted by Crippen LogP contribution is 2.25. The van der Waals surface area contributed by atoms with Crippen molar-refractivity contribution in [1.82, 2.24) is 14.8 Å². The number of hydrogen-bond acceptors (Lipinski definition) is 3. The van der Waals surface area contributed by atoms with Crippen LogP contribution in [0.5, 0.6) is 0 Å². The number of hydrogen-bond donors (Lipinski definition) is 1. The Hall–Kier alpha value is -2.14. The first-order valence-electron chi connectivity index (χ1n) is 5.59. The molecule has 0 bridgehead atoms. The fourth-order valence-electron chi connectivity index (χ4n) is 1.78. The van der Waals surface area contributed by atoms with Crippen LogP contribution < -0.4 is 0 Å². The van der Waals surface area contributed by atoms with Crippen molar-refractivity contribution in [2.75, 3.05) is 0 Å². The maximum Gasteiger partial charge on any atom is 0.328 e. The molecule has 0 fully saturated rings. The zero-order valence-corrected chi connectivity index (χ0v) is 11.2. The van der Waals surface area contributed by atoms with Crippen molar-refractivity contribution in [3.63, 3.8) is 0 Å². The van der Waals surface area contributed by atoms with Crippen LogP contribution in [0.25, 0.3) is 11.8 Å². The number of aryl methyl sites for hydroxylation is 2. The van der Waals surface area contributed by atoms with Gasteiger partial charge in [-0.2, -0.15) is 5.10 Å². The normalized spacial score (nSPS) is 11.1. The second-order valence-electron chi connectivity index (χ2n) is 3.96. The highest BCUT2D eigenvalue weighted by atomic mass is 35.5. The third-order valence-electron chi connectivity index (χ3n) is 2.53. The van der Waals surface area contributed by atoms with Crippen LogP contribution in [0.2, 0.25) is 5.02 Å². The fraction of sp³-hybridized carbons (Fsp3) is 0.154. The fourth-order valence-corrected chi connectivity index (χ4v) is 2.01. The van der Waals surface area contributed by atoms with Gasteiger partial charge in [0.25, 0.3) is 0 Å². The highest BCUT2D eigenvalue weighted by Gasteiger charge is 2.11. The van der Waals surface area contributed by atoms with Gasteiger partial charge >= 0.3 is 5.97 Å². The van der Waals surface area contributed by atoms with Gasteiger partial charge in [-0.25, -0.2) is 14.5 Å². The number of halogens is 1. The molecule has 0 radical (unpaired) electrons. The quantitative estimate of drug-likeness (QED) is 0.876. The van der Waals surface area contributed by atoms with E-state index in [1.54, 1.807) is 23.7 Å². The minimum absolute atomic E-state index is 0.461. The maximum atomic E-state index is 10.6. The minimum Gasteiger partial charge on any atom is -0.478 e. The third kappa shape index (κ3) is 2.82. The van der Waals surface area contributed by atoms with Gasteiger partial charge in [-0.1, -0.05) is 17.7 Å². The summed E-state index contributed by atoms with van der Waals surface area (Å²) in [7, 11) is 0. The Morgan fingerprint density at radius 1 is 1.42 bits per heavy atom. The lowest BCUT2D eigenvalue weighted by Crippen LogP contribution is -2.02. The summed E-state index contributed by atoms with van der Waals surface area (Å²) in [4.78, 5) is 14.9. The molecule has 0 saturated carbocycles. The Kier molecular flexibility index (Phi) is 3.66.